The number of amides is 1. The molecule has 0 aliphatic carbocycles. The van der Waals surface area contributed by atoms with Crippen LogP contribution in [0, 0.1) is 0 Å². The SMILES string of the molecule is CCc1ccc(OCC(=O)NC(=S)Nc2ccc(C(=O)O)cc2OC)cc1. The lowest BCUT2D eigenvalue weighted by Gasteiger charge is -2.13. The number of carbonyl (C=O) groups is 2. The van der Waals surface area contributed by atoms with E-state index in [1.165, 1.54) is 30.9 Å². The Kier molecular flexibility index (Phi) is 7.13. The Balaban J connectivity index is 1.89. The lowest BCUT2D eigenvalue weighted by atomic mass is 10.2. The molecule has 0 aromatic heterocycles. The quantitative estimate of drug-likeness (QED) is 0.628. The van der Waals surface area contributed by atoms with E-state index in [0.717, 1.165) is 6.42 Å². The van der Waals surface area contributed by atoms with E-state index in [-0.39, 0.29) is 17.3 Å². The predicted molar refractivity (Wildman–Crippen MR) is 106 cm³/mol. The topological polar surface area (TPSA) is 96.9 Å². The van der Waals surface area contributed by atoms with Crippen molar-refractivity contribution in [2.45, 2.75) is 13.3 Å². The molecule has 27 heavy (non-hydrogen) atoms. The van der Waals surface area contributed by atoms with Crippen LogP contribution in [0.2, 0.25) is 0 Å². The second kappa shape index (κ2) is 9.54. The summed E-state index contributed by atoms with van der Waals surface area (Å²) in [5.41, 5.74) is 1.69. The average molecular weight is 388 g/mol. The van der Waals surface area contributed by atoms with E-state index in [1.54, 1.807) is 12.1 Å². The summed E-state index contributed by atoms with van der Waals surface area (Å²) < 4.78 is 10.6. The highest BCUT2D eigenvalue weighted by atomic mass is 32.1. The highest BCUT2D eigenvalue weighted by molar-refractivity contribution is 7.80. The number of ether oxygens (including phenoxy) is 2. The molecule has 0 aliphatic rings. The fourth-order valence-corrected chi connectivity index (χ4v) is 2.44. The van der Waals surface area contributed by atoms with Crippen molar-refractivity contribution in [3.63, 3.8) is 0 Å². The molecule has 0 saturated heterocycles. The fourth-order valence-electron chi connectivity index (χ4n) is 2.21. The van der Waals surface area contributed by atoms with Crippen LogP contribution >= 0.6 is 12.2 Å². The third-order valence-corrected chi connectivity index (χ3v) is 3.86. The van der Waals surface area contributed by atoms with E-state index in [0.29, 0.717) is 17.2 Å². The average Bonchev–Trinajstić information content (AvgIpc) is 2.66. The Hall–Kier alpha value is -3.13. The first-order valence-electron chi connectivity index (χ1n) is 8.16. The lowest BCUT2D eigenvalue weighted by molar-refractivity contribution is -0.121. The molecule has 2 aromatic carbocycles. The van der Waals surface area contributed by atoms with Crippen LogP contribution in [0.5, 0.6) is 11.5 Å². The number of aromatic carboxylic acids is 1. The van der Waals surface area contributed by atoms with Crippen LogP contribution in [0.3, 0.4) is 0 Å². The van der Waals surface area contributed by atoms with Crippen molar-refractivity contribution in [2.24, 2.45) is 0 Å². The molecule has 0 unspecified atom stereocenters. The molecule has 3 N–H and O–H groups in total. The third kappa shape index (κ3) is 5.96. The molecule has 142 valence electrons. The summed E-state index contributed by atoms with van der Waals surface area (Å²) in [5.74, 6) is -0.612. The van der Waals surface area contributed by atoms with Crippen LogP contribution in [-0.2, 0) is 11.2 Å². The molecule has 0 fully saturated rings. The molecule has 0 atom stereocenters. The summed E-state index contributed by atoms with van der Waals surface area (Å²) in [6, 6.07) is 11.7. The largest absolute Gasteiger partial charge is 0.495 e. The number of thiocarbonyl (C=S) groups is 1. The Morgan fingerprint density at radius 3 is 2.44 bits per heavy atom. The highest BCUT2D eigenvalue weighted by Gasteiger charge is 2.12. The minimum atomic E-state index is -1.07. The van der Waals surface area contributed by atoms with Crippen LogP contribution in [0.1, 0.15) is 22.8 Å². The third-order valence-electron chi connectivity index (χ3n) is 3.65. The summed E-state index contributed by atoms with van der Waals surface area (Å²) in [4.78, 5) is 23.0. The molecule has 0 bridgehead atoms. The maximum absolute atomic E-state index is 12.0. The number of nitrogens with one attached hydrogen (secondary N) is 2. The number of carboxylic acid groups (broad SMARTS) is 1. The number of hydrogen-bond donors (Lipinski definition) is 3. The Labute approximate surface area is 162 Å². The van der Waals surface area contributed by atoms with Crippen molar-refractivity contribution in [3.05, 3.63) is 53.6 Å². The number of carboxylic acids is 1. The van der Waals surface area contributed by atoms with Crippen molar-refractivity contribution < 1.29 is 24.2 Å². The second-order valence-electron chi connectivity index (χ2n) is 5.51. The van der Waals surface area contributed by atoms with Crippen LogP contribution in [-0.4, -0.2) is 35.8 Å². The van der Waals surface area contributed by atoms with Gasteiger partial charge in [0.15, 0.2) is 11.7 Å². The van der Waals surface area contributed by atoms with E-state index in [9.17, 15) is 9.59 Å². The van der Waals surface area contributed by atoms with Gasteiger partial charge in [0.1, 0.15) is 11.5 Å². The monoisotopic (exact) mass is 388 g/mol. The molecule has 0 aliphatic heterocycles. The van der Waals surface area contributed by atoms with Gasteiger partial charge in [0.25, 0.3) is 5.91 Å². The summed E-state index contributed by atoms with van der Waals surface area (Å²) in [7, 11) is 1.41. The number of carbonyl (C=O) groups excluding carboxylic acids is 1. The molecular weight excluding hydrogens is 368 g/mol. The van der Waals surface area contributed by atoms with Crippen LogP contribution in [0.4, 0.5) is 5.69 Å². The van der Waals surface area contributed by atoms with Crippen molar-refractivity contribution in [3.8, 4) is 11.5 Å². The standard InChI is InChI=1S/C19H20N2O5S/c1-3-12-4-7-14(8-5-12)26-11-17(22)21-19(27)20-15-9-6-13(18(23)24)10-16(15)25-2/h4-10H,3,11H2,1-2H3,(H,23,24)(H2,20,21,22,27). The summed E-state index contributed by atoms with van der Waals surface area (Å²) in [5, 5.41) is 14.3. The normalized spacial score (nSPS) is 10.0. The Morgan fingerprint density at radius 1 is 1.15 bits per heavy atom. The number of anilines is 1. The van der Waals surface area contributed by atoms with Crippen molar-refractivity contribution >= 4 is 34.9 Å². The zero-order valence-corrected chi connectivity index (χ0v) is 15.8. The number of rotatable bonds is 7. The second-order valence-corrected chi connectivity index (χ2v) is 5.92. The first-order chi connectivity index (χ1) is 12.9. The van der Waals surface area contributed by atoms with Gasteiger partial charge in [-0.2, -0.15) is 0 Å². The zero-order valence-electron chi connectivity index (χ0n) is 14.9. The van der Waals surface area contributed by atoms with Gasteiger partial charge in [-0.05, 0) is 54.5 Å². The number of methoxy groups -OCH3 is 1. The highest BCUT2D eigenvalue weighted by Crippen LogP contribution is 2.25. The van der Waals surface area contributed by atoms with Crippen LogP contribution in [0.15, 0.2) is 42.5 Å². The van der Waals surface area contributed by atoms with E-state index in [4.69, 9.17) is 26.8 Å². The van der Waals surface area contributed by atoms with Gasteiger partial charge in [-0.25, -0.2) is 4.79 Å². The van der Waals surface area contributed by atoms with E-state index >= 15 is 0 Å². The van der Waals surface area contributed by atoms with Crippen molar-refractivity contribution in [1.29, 1.82) is 0 Å². The zero-order chi connectivity index (χ0) is 19.8. The summed E-state index contributed by atoms with van der Waals surface area (Å²) in [6.07, 6.45) is 0.928. The van der Waals surface area contributed by atoms with Crippen molar-refractivity contribution in [2.75, 3.05) is 19.0 Å². The predicted octanol–water partition coefficient (Wildman–Crippen LogP) is 2.85. The van der Waals surface area contributed by atoms with Crippen LogP contribution in [0.25, 0.3) is 0 Å². The molecule has 0 heterocycles. The minimum Gasteiger partial charge on any atom is -0.495 e. The van der Waals surface area contributed by atoms with Gasteiger partial charge in [-0.1, -0.05) is 19.1 Å². The first-order valence-corrected chi connectivity index (χ1v) is 8.57. The molecular formula is C19H20N2O5S. The van der Waals surface area contributed by atoms with Gasteiger partial charge in [0.2, 0.25) is 0 Å². The Morgan fingerprint density at radius 2 is 1.85 bits per heavy atom. The van der Waals surface area contributed by atoms with Crippen LogP contribution < -0.4 is 20.1 Å². The van der Waals surface area contributed by atoms with E-state index < -0.39 is 11.9 Å². The van der Waals surface area contributed by atoms with Gasteiger partial charge in [0.05, 0.1) is 18.4 Å². The molecule has 2 rings (SSSR count). The van der Waals surface area contributed by atoms with Crippen molar-refractivity contribution in [1.82, 2.24) is 5.32 Å². The molecule has 7 nitrogen and oxygen atoms in total. The smallest absolute Gasteiger partial charge is 0.335 e. The molecule has 0 saturated carbocycles. The summed E-state index contributed by atoms with van der Waals surface area (Å²) >= 11 is 5.10. The molecule has 0 spiro atoms. The molecule has 0 radical (unpaired) electrons. The van der Waals surface area contributed by atoms with Gasteiger partial charge >= 0.3 is 5.97 Å². The maximum Gasteiger partial charge on any atom is 0.335 e. The van der Waals surface area contributed by atoms with Gasteiger partial charge < -0.3 is 19.9 Å². The maximum atomic E-state index is 12.0. The number of aryl methyl sites for hydroxylation is 1. The van der Waals surface area contributed by atoms with E-state index in [1.807, 2.05) is 12.1 Å². The number of benzene rings is 2. The minimum absolute atomic E-state index is 0.0475. The fraction of sp³-hybridized carbons (Fsp3) is 0.211. The Bertz CT molecular complexity index is 836. The molecule has 8 heteroatoms. The lowest BCUT2D eigenvalue weighted by Crippen LogP contribution is -2.37. The van der Waals surface area contributed by atoms with Gasteiger partial charge in [-0.3, -0.25) is 10.1 Å². The number of hydrogen-bond acceptors (Lipinski definition) is 5. The van der Waals surface area contributed by atoms with Gasteiger partial charge in [0, 0.05) is 0 Å². The molecule has 2 aromatic rings. The summed E-state index contributed by atoms with van der Waals surface area (Å²) in [6.45, 7) is 1.86. The first kappa shape index (κ1) is 20.2. The van der Waals surface area contributed by atoms with E-state index in [2.05, 4.69) is 17.6 Å². The van der Waals surface area contributed by atoms with Gasteiger partial charge in [-0.15, -0.1) is 0 Å². The molecule has 1 amide bonds.